The van der Waals surface area contributed by atoms with E-state index in [1.165, 1.54) is 29.7 Å². The van der Waals surface area contributed by atoms with Gasteiger partial charge in [-0.25, -0.2) is 0 Å². The van der Waals surface area contributed by atoms with Gasteiger partial charge in [-0.1, -0.05) is 6.42 Å². The lowest BCUT2D eigenvalue weighted by Gasteiger charge is -2.30. The van der Waals surface area contributed by atoms with Crippen LogP contribution in [0.1, 0.15) is 59.1 Å². The zero-order chi connectivity index (χ0) is 13.9. The van der Waals surface area contributed by atoms with E-state index in [1.807, 2.05) is 0 Å². The zero-order valence-electron chi connectivity index (χ0n) is 12.2. The third kappa shape index (κ3) is 3.07. The smallest absolute Gasteiger partial charge is 0.261 e. The second-order valence-electron chi connectivity index (χ2n) is 6.08. The van der Waals surface area contributed by atoms with Crippen molar-refractivity contribution in [2.45, 2.75) is 64.0 Å². The van der Waals surface area contributed by atoms with Crippen LogP contribution in [0.25, 0.3) is 0 Å². The van der Waals surface area contributed by atoms with Crippen LogP contribution in [-0.2, 0) is 12.8 Å². The molecule has 1 fully saturated rings. The Morgan fingerprint density at radius 3 is 3.00 bits per heavy atom. The van der Waals surface area contributed by atoms with Crippen molar-refractivity contribution < 1.29 is 4.79 Å². The van der Waals surface area contributed by atoms with Gasteiger partial charge < -0.3 is 10.6 Å². The second-order valence-corrected chi connectivity index (χ2v) is 7.22. The molecule has 0 aromatic carbocycles. The maximum atomic E-state index is 12.4. The van der Waals surface area contributed by atoms with Crippen molar-refractivity contribution in [2.75, 3.05) is 6.54 Å². The van der Waals surface area contributed by atoms with Crippen LogP contribution in [0.2, 0.25) is 0 Å². The first-order chi connectivity index (χ1) is 9.74. The number of fused-ring (bicyclic) bond motifs is 1. The normalized spacial score (nSPS) is 26.6. The number of carbonyl (C=O) groups is 1. The van der Waals surface area contributed by atoms with E-state index in [0.717, 1.165) is 37.1 Å². The van der Waals surface area contributed by atoms with Crippen LogP contribution in [0.5, 0.6) is 0 Å². The molecule has 110 valence electrons. The summed E-state index contributed by atoms with van der Waals surface area (Å²) in [5, 5.41) is 6.65. The van der Waals surface area contributed by atoms with Gasteiger partial charge in [-0.2, -0.15) is 0 Å². The number of rotatable bonds is 2. The molecule has 1 aromatic heterocycles. The minimum Gasteiger partial charge on any atom is -0.347 e. The molecule has 4 heteroatoms. The van der Waals surface area contributed by atoms with Crippen LogP contribution >= 0.6 is 11.3 Å². The molecule has 20 heavy (non-hydrogen) atoms. The van der Waals surface area contributed by atoms with Gasteiger partial charge in [-0.3, -0.25) is 4.79 Å². The van der Waals surface area contributed by atoms with E-state index in [2.05, 4.69) is 23.6 Å². The molecule has 2 aliphatic rings. The minimum absolute atomic E-state index is 0.128. The third-order valence-electron chi connectivity index (χ3n) is 4.55. The number of aryl methyl sites for hydroxylation is 2. The summed E-state index contributed by atoms with van der Waals surface area (Å²) in [4.78, 5) is 14.8. The quantitative estimate of drug-likeness (QED) is 0.823. The highest BCUT2D eigenvalue weighted by atomic mass is 32.1. The Hall–Kier alpha value is -0.870. The van der Waals surface area contributed by atoms with E-state index in [1.54, 1.807) is 11.3 Å². The van der Waals surface area contributed by atoms with Crippen LogP contribution in [-0.4, -0.2) is 24.5 Å². The van der Waals surface area contributed by atoms with Gasteiger partial charge in [0.2, 0.25) is 0 Å². The van der Waals surface area contributed by atoms with Crippen molar-refractivity contribution in [3.8, 4) is 0 Å². The summed E-state index contributed by atoms with van der Waals surface area (Å²) >= 11 is 1.71. The molecule has 0 saturated carbocycles. The van der Waals surface area contributed by atoms with E-state index < -0.39 is 0 Å². The molecule has 0 radical (unpaired) electrons. The largest absolute Gasteiger partial charge is 0.347 e. The molecule has 3 nitrogen and oxygen atoms in total. The maximum absolute atomic E-state index is 12.4. The van der Waals surface area contributed by atoms with Gasteiger partial charge in [0.15, 0.2) is 0 Å². The number of thiophene rings is 1. The number of carbonyl (C=O) groups excluding carboxylic acids is 1. The standard InChI is InChI=1S/C16H24N2OS/c1-11-13(7-5-9-17-11)18-16(19)15-10-12-6-3-2-4-8-14(12)20-15/h10-11,13,17H,2-9H2,1H3,(H,18,19). The van der Waals surface area contributed by atoms with Gasteiger partial charge in [0.25, 0.3) is 5.91 Å². The Balaban J connectivity index is 1.68. The number of piperidine rings is 1. The average molecular weight is 292 g/mol. The van der Waals surface area contributed by atoms with Gasteiger partial charge >= 0.3 is 0 Å². The highest BCUT2D eigenvalue weighted by Crippen LogP contribution is 2.29. The lowest BCUT2D eigenvalue weighted by atomic mass is 10.00. The van der Waals surface area contributed by atoms with Crippen LogP contribution in [0.15, 0.2) is 6.07 Å². The minimum atomic E-state index is 0.128. The van der Waals surface area contributed by atoms with E-state index in [0.29, 0.717) is 6.04 Å². The lowest BCUT2D eigenvalue weighted by molar-refractivity contribution is 0.0924. The molecule has 2 atom stereocenters. The second kappa shape index (κ2) is 6.27. The molecule has 3 rings (SSSR count). The van der Waals surface area contributed by atoms with Gasteiger partial charge in [0.1, 0.15) is 0 Å². The fourth-order valence-corrected chi connectivity index (χ4v) is 4.42. The predicted octanol–water partition coefficient (Wildman–Crippen LogP) is 2.89. The fourth-order valence-electron chi connectivity index (χ4n) is 3.26. The van der Waals surface area contributed by atoms with Gasteiger partial charge in [0, 0.05) is 17.0 Å². The van der Waals surface area contributed by atoms with Crippen molar-refractivity contribution in [3.05, 3.63) is 21.4 Å². The topological polar surface area (TPSA) is 41.1 Å². The Labute approximate surface area is 125 Å². The average Bonchev–Trinajstić information content (AvgIpc) is 2.73. The molecule has 1 aliphatic heterocycles. The summed E-state index contributed by atoms with van der Waals surface area (Å²) in [5.74, 6) is 0.128. The molecule has 1 saturated heterocycles. The van der Waals surface area contributed by atoms with Crippen molar-refractivity contribution in [3.63, 3.8) is 0 Å². The molecule has 0 bridgehead atoms. The van der Waals surface area contributed by atoms with Crippen molar-refractivity contribution in [2.24, 2.45) is 0 Å². The first-order valence-corrected chi connectivity index (χ1v) is 8.71. The van der Waals surface area contributed by atoms with E-state index in [4.69, 9.17) is 0 Å². The number of hydrogen-bond donors (Lipinski definition) is 2. The summed E-state index contributed by atoms with van der Waals surface area (Å²) in [6.45, 7) is 3.23. The van der Waals surface area contributed by atoms with Crippen molar-refractivity contribution in [1.29, 1.82) is 0 Å². The number of amides is 1. The first kappa shape index (κ1) is 14.1. The summed E-state index contributed by atoms with van der Waals surface area (Å²) in [6.07, 6.45) is 8.43. The molecular formula is C16H24N2OS. The van der Waals surface area contributed by atoms with Crippen LogP contribution in [0, 0.1) is 0 Å². The highest BCUT2D eigenvalue weighted by molar-refractivity contribution is 7.14. The summed E-state index contributed by atoms with van der Waals surface area (Å²) in [6, 6.07) is 2.80. The van der Waals surface area contributed by atoms with E-state index in [-0.39, 0.29) is 11.9 Å². The molecule has 2 heterocycles. The maximum Gasteiger partial charge on any atom is 0.261 e. The number of hydrogen-bond acceptors (Lipinski definition) is 3. The third-order valence-corrected chi connectivity index (χ3v) is 5.78. The van der Waals surface area contributed by atoms with Crippen LogP contribution < -0.4 is 10.6 Å². The molecule has 2 N–H and O–H groups in total. The predicted molar refractivity (Wildman–Crippen MR) is 83.5 cm³/mol. The molecule has 1 amide bonds. The molecule has 0 spiro atoms. The Morgan fingerprint density at radius 2 is 2.15 bits per heavy atom. The van der Waals surface area contributed by atoms with Gasteiger partial charge in [0.05, 0.1) is 4.88 Å². The molecular weight excluding hydrogens is 268 g/mol. The zero-order valence-corrected chi connectivity index (χ0v) is 13.0. The Morgan fingerprint density at radius 1 is 1.30 bits per heavy atom. The molecule has 1 aliphatic carbocycles. The summed E-state index contributed by atoms with van der Waals surface area (Å²) in [5.41, 5.74) is 1.42. The number of nitrogens with one attached hydrogen (secondary N) is 2. The Bertz CT molecular complexity index is 459. The molecule has 1 aromatic rings. The summed E-state index contributed by atoms with van der Waals surface area (Å²) in [7, 11) is 0. The molecule has 2 unspecified atom stereocenters. The summed E-state index contributed by atoms with van der Waals surface area (Å²) < 4.78 is 0. The van der Waals surface area contributed by atoms with Crippen molar-refractivity contribution in [1.82, 2.24) is 10.6 Å². The monoisotopic (exact) mass is 292 g/mol. The SMILES string of the molecule is CC1NCCCC1NC(=O)c1cc2c(s1)CCCCC2. The lowest BCUT2D eigenvalue weighted by Crippen LogP contribution is -2.51. The van der Waals surface area contributed by atoms with Crippen LogP contribution in [0.3, 0.4) is 0 Å². The highest BCUT2D eigenvalue weighted by Gasteiger charge is 2.24. The van der Waals surface area contributed by atoms with Gasteiger partial charge in [-0.05, 0) is 63.6 Å². The first-order valence-electron chi connectivity index (χ1n) is 7.90. The van der Waals surface area contributed by atoms with Gasteiger partial charge in [-0.15, -0.1) is 11.3 Å². The fraction of sp³-hybridized carbons (Fsp3) is 0.688. The Kier molecular flexibility index (Phi) is 4.41. The van der Waals surface area contributed by atoms with Crippen LogP contribution in [0.4, 0.5) is 0 Å². The van der Waals surface area contributed by atoms with E-state index in [9.17, 15) is 4.79 Å². The van der Waals surface area contributed by atoms with Crippen molar-refractivity contribution >= 4 is 17.2 Å². The van der Waals surface area contributed by atoms with E-state index >= 15 is 0 Å².